The number of carbonyl (C=O) groups is 1. The van der Waals surface area contributed by atoms with Gasteiger partial charge in [0.2, 0.25) is 15.9 Å². The Morgan fingerprint density at radius 2 is 1.94 bits per heavy atom. The number of amides is 1. The van der Waals surface area contributed by atoms with Gasteiger partial charge in [-0.2, -0.15) is 17.5 Å². The van der Waals surface area contributed by atoms with Gasteiger partial charge in [-0.1, -0.05) is 0 Å². The van der Waals surface area contributed by atoms with E-state index in [4.69, 9.17) is 9.47 Å². The number of carbonyl (C=O) groups excluding carboxylic acids is 1. The van der Waals surface area contributed by atoms with E-state index >= 15 is 0 Å². The maximum absolute atomic E-state index is 13.0. The van der Waals surface area contributed by atoms with Crippen LogP contribution in [0.25, 0.3) is 0 Å². The third-order valence-electron chi connectivity index (χ3n) is 4.92. The number of benzene rings is 1. The van der Waals surface area contributed by atoms with Crippen molar-refractivity contribution in [1.82, 2.24) is 4.31 Å². The minimum atomic E-state index is -4.56. The normalized spacial score (nSPS) is 20.3. The van der Waals surface area contributed by atoms with Gasteiger partial charge in [-0.25, -0.2) is 8.42 Å². The van der Waals surface area contributed by atoms with E-state index in [9.17, 15) is 26.4 Å². The number of anilines is 2. The van der Waals surface area contributed by atoms with Crippen LogP contribution in [0.2, 0.25) is 0 Å². The van der Waals surface area contributed by atoms with Crippen LogP contribution < -0.4 is 10.6 Å². The fraction of sp³-hybridized carbons (Fsp3) is 0.632. The highest BCUT2D eigenvalue weighted by atomic mass is 32.2. The second kappa shape index (κ2) is 10.8. The molecule has 1 atom stereocenters. The van der Waals surface area contributed by atoms with E-state index in [1.807, 2.05) is 0 Å². The number of nitrogens with one attached hydrogen (secondary N) is 2. The Morgan fingerprint density at radius 3 is 2.59 bits per heavy atom. The van der Waals surface area contributed by atoms with Crippen LogP contribution in [-0.2, 0) is 29.0 Å². The Balaban J connectivity index is 1.75. The molecule has 3 rings (SSSR count). The van der Waals surface area contributed by atoms with Crippen LogP contribution in [0.5, 0.6) is 0 Å². The molecule has 2 aliphatic rings. The molecule has 0 bridgehead atoms. The minimum absolute atomic E-state index is 0.0228. The monoisotopic (exact) mass is 481 g/mol. The quantitative estimate of drug-likeness (QED) is 0.554. The number of hydrogen-bond acceptors (Lipinski definition) is 7. The predicted octanol–water partition coefficient (Wildman–Crippen LogP) is 1.82. The molecule has 0 aromatic heterocycles. The van der Waals surface area contributed by atoms with Crippen LogP contribution >= 0.6 is 0 Å². The molecular weight excluding hydrogens is 455 g/mol. The summed E-state index contributed by atoms with van der Waals surface area (Å²) in [5.41, 5.74) is 0.545. The van der Waals surface area contributed by atoms with E-state index in [1.54, 1.807) is 0 Å². The van der Waals surface area contributed by atoms with Gasteiger partial charge in [0, 0.05) is 26.2 Å². The average molecular weight is 481 g/mol. The molecule has 0 saturated carbocycles. The summed E-state index contributed by atoms with van der Waals surface area (Å²) in [4.78, 5) is 12.1. The zero-order valence-electron chi connectivity index (χ0n) is 17.3. The lowest BCUT2D eigenvalue weighted by Gasteiger charge is -2.26. The highest BCUT2D eigenvalue weighted by Gasteiger charge is 2.29. The molecule has 1 amide bonds. The summed E-state index contributed by atoms with van der Waals surface area (Å²) in [6.07, 6.45) is -2.78. The SMILES string of the molecule is O=C(COCC(F)(F)F)Nc1cc(S(=O)(=O)N2CCOCC2)ccc1NCC1CCCO1. The minimum Gasteiger partial charge on any atom is -0.381 e. The molecule has 0 spiro atoms. The number of nitrogens with zero attached hydrogens (tertiary/aromatic N) is 1. The third kappa shape index (κ3) is 7.04. The molecule has 2 N–H and O–H groups in total. The molecule has 0 aliphatic carbocycles. The van der Waals surface area contributed by atoms with Gasteiger partial charge in [0.1, 0.15) is 13.2 Å². The first-order chi connectivity index (χ1) is 15.1. The van der Waals surface area contributed by atoms with E-state index in [0.717, 1.165) is 12.8 Å². The molecule has 0 radical (unpaired) electrons. The summed E-state index contributed by atoms with van der Waals surface area (Å²) in [5, 5.41) is 5.56. The smallest absolute Gasteiger partial charge is 0.381 e. The van der Waals surface area contributed by atoms with Crippen LogP contribution in [0.4, 0.5) is 24.5 Å². The molecule has 1 unspecified atom stereocenters. The van der Waals surface area contributed by atoms with Gasteiger partial charge in [0.25, 0.3) is 0 Å². The topological polar surface area (TPSA) is 106 Å². The van der Waals surface area contributed by atoms with Gasteiger partial charge in [-0.05, 0) is 31.0 Å². The molecule has 180 valence electrons. The maximum atomic E-state index is 13.0. The number of hydrogen-bond donors (Lipinski definition) is 2. The molecule has 13 heteroatoms. The average Bonchev–Trinajstić information content (AvgIpc) is 3.26. The van der Waals surface area contributed by atoms with E-state index in [-0.39, 0.29) is 43.0 Å². The molecule has 32 heavy (non-hydrogen) atoms. The molecule has 9 nitrogen and oxygen atoms in total. The highest BCUT2D eigenvalue weighted by molar-refractivity contribution is 7.89. The first kappa shape index (κ1) is 24.7. The van der Waals surface area contributed by atoms with Gasteiger partial charge >= 0.3 is 6.18 Å². The first-order valence-corrected chi connectivity index (χ1v) is 11.6. The molecular formula is C19H26F3N3O6S. The summed E-state index contributed by atoms with van der Waals surface area (Å²) in [7, 11) is -3.83. The molecule has 2 heterocycles. The highest BCUT2D eigenvalue weighted by Crippen LogP contribution is 2.28. The zero-order chi connectivity index (χ0) is 23.2. The van der Waals surface area contributed by atoms with Crippen molar-refractivity contribution >= 4 is 27.3 Å². The van der Waals surface area contributed by atoms with Gasteiger partial charge in [0.05, 0.1) is 35.6 Å². The second-order valence-electron chi connectivity index (χ2n) is 7.40. The number of morpholine rings is 1. The van der Waals surface area contributed by atoms with Crippen LogP contribution in [0.15, 0.2) is 23.1 Å². The molecule has 1 aromatic rings. The predicted molar refractivity (Wildman–Crippen MR) is 109 cm³/mol. The Bertz CT molecular complexity index is 885. The Hall–Kier alpha value is -1.93. The molecule has 2 saturated heterocycles. The number of halogens is 3. The van der Waals surface area contributed by atoms with Crippen molar-refractivity contribution in [2.24, 2.45) is 0 Å². The lowest BCUT2D eigenvalue weighted by atomic mass is 10.2. The van der Waals surface area contributed by atoms with Crippen LogP contribution in [0.1, 0.15) is 12.8 Å². The van der Waals surface area contributed by atoms with E-state index in [1.165, 1.54) is 22.5 Å². The lowest BCUT2D eigenvalue weighted by molar-refractivity contribution is -0.174. The summed E-state index contributed by atoms with van der Waals surface area (Å²) < 4.78 is 79.1. The molecule has 2 aliphatic heterocycles. The van der Waals surface area contributed by atoms with Crippen molar-refractivity contribution in [3.63, 3.8) is 0 Å². The van der Waals surface area contributed by atoms with E-state index < -0.39 is 35.3 Å². The van der Waals surface area contributed by atoms with Gasteiger partial charge in [-0.15, -0.1) is 0 Å². The summed E-state index contributed by atoms with van der Waals surface area (Å²) >= 11 is 0. The fourth-order valence-corrected chi connectivity index (χ4v) is 4.79. The van der Waals surface area contributed by atoms with Crippen LogP contribution in [-0.4, -0.2) is 83.6 Å². The van der Waals surface area contributed by atoms with Crippen molar-refractivity contribution in [3.05, 3.63) is 18.2 Å². The van der Waals surface area contributed by atoms with Crippen molar-refractivity contribution in [2.45, 2.75) is 30.0 Å². The molecule has 2 fully saturated rings. The standard InChI is InChI=1S/C19H26F3N3O6S/c20-19(21,22)13-30-12-18(26)24-17-10-15(32(27,28)25-5-8-29-9-6-25)3-4-16(17)23-11-14-2-1-7-31-14/h3-4,10,14,23H,1-2,5-9,11-13H2,(H,24,26). The summed E-state index contributed by atoms with van der Waals surface area (Å²) in [6, 6.07) is 4.21. The second-order valence-corrected chi connectivity index (χ2v) is 9.33. The number of rotatable bonds is 9. The fourth-order valence-electron chi connectivity index (χ4n) is 3.35. The van der Waals surface area contributed by atoms with Crippen molar-refractivity contribution in [1.29, 1.82) is 0 Å². The van der Waals surface area contributed by atoms with E-state index in [2.05, 4.69) is 15.4 Å². The number of sulfonamides is 1. The van der Waals surface area contributed by atoms with Gasteiger partial charge in [0.15, 0.2) is 0 Å². The van der Waals surface area contributed by atoms with Crippen LogP contribution in [0, 0.1) is 0 Å². The Labute approximate surface area is 184 Å². The van der Waals surface area contributed by atoms with Gasteiger partial charge in [-0.3, -0.25) is 4.79 Å². The first-order valence-electron chi connectivity index (χ1n) is 10.2. The van der Waals surface area contributed by atoms with E-state index in [0.29, 0.717) is 18.8 Å². The summed E-state index contributed by atoms with van der Waals surface area (Å²) in [6.45, 7) is -0.337. The lowest BCUT2D eigenvalue weighted by Crippen LogP contribution is -2.40. The van der Waals surface area contributed by atoms with Crippen molar-refractivity contribution in [3.8, 4) is 0 Å². The Kier molecular flexibility index (Phi) is 8.33. The number of alkyl halides is 3. The molecule has 1 aromatic carbocycles. The largest absolute Gasteiger partial charge is 0.411 e. The van der Waals surface area contributed by atoms with Crippen LogP contribution in [0.3, 0.4) is 0 Å². The summed E-state index contributed by atoms with van der Waals surface area (Å²) in [5.74, 6) is -0.838. The van der Waals surface area contributed by atoms with Crippen molar-refractivity contribution in [2.75, 3.05) is 63.3 Å². The van der Waals surface area contributed by atoms with Gasteiger partial charge < -0.3 is 24.8 Å². The van der Waals surface area contributed by atoms with Crippen molar-refractivity contribution < 1.29 is 40.6 Å². The Morgan fingerprint density at radius 1 is 1.19 bits per heavy atom. The maximum Gasteiger partial charge on any atom is 0.411 e. The zero-order valence-corrected chi connectivity index (χ0v) is 18.1. The third-order valence-corrected chi connectivity index (χ3v) is 6.81. The number of ether oxygens (including phenoxy) is 3.